The van der Waals surface area contributed by atoms with Crippen LogP contribution in [0.3, 0.4) is 0 Å². The predicted molar refractivity (Wildman–Crippen MR) is 108 cm³/mol. The summed E-state index contributed by atoms with van der Waals surface area (Å²) >= 11 is 0. The van der Waals surface area contributed by atoms with Crippen molar-refractivity contribution in [2.24, 2.45) is 5.73 Å². The molecule has 146 valence electrons. The van der Waals surface area contributed by atoms with Crippen molar-refractivity contribution < 1.29 is 9.59 Å². The molecule has 2 N–H and O–H groups in total. The SMILES string of the molecule is NC(=O)c1cccc(-c2nccnc2C2CCCN(C(=O)c3ccncc3)C2)c1. The lowest BCUT2D eigenvalue weighted by Crippen LogP contribution is -2.39. The normalized spacial score (nSPS) is 16.4. The quantitative estimate of drug-likeness (QED) is 0.741. The Hall–Kier alpha value is -3.61. The summed E-state index contributed by atoms with van der Waals surface area (Å²) < 4.78 is 0. The Balaban J connectivity index is 1.63. The third-order valence-corrected chi connectivity index (χ3v) is 5.17. The summed E-state index contributed by atoms with van der Waals surface area (Å²) in [6.45, 7) is 1.28. The van der Waals surface area contributed by atoms with Gasteiger partial charge in [-0.2, -0.15) is 0 Å². The van der Waals surface area contributed by atoms with E-state index in [9.17, 15) is 9.59 Å². The monoisotopic (exact) mass is 387 g/mol. The van der Waals surface area contributed by atoms with Crippen LogP contribution in [-0.2, 0) is 0 Å². The van der Waals surface area contributed by atoms with Gasteiger partial charge < -0.3 is 10.6 Å². The molecular weight excluding hydrogens is 366 g/mol. The summed E-state index contributed by atoms with van der Waals surface area (Å²) in [5.74, 6) is -0.419. The van der Waals surface area contributed by atoms with E-state index in [0.717, 1.165) is 29.8 Å². The van der Waals surface area contributed by atoms with Crippen molar-refractivity contribution in [3.05, 3.63) is 78.0 Å². The number of primary amides is 1. The maximum absolute atomic E-state index is 12.9. The Bertz CT molecular complexity index is 1040. The third kappa shape index (κ3) is 3.99. The first-order chi connectivity index (χ1) is 14.1. The fourth-order valence-corrected chi connectivity index (χ4v) is 3.75. The van der Waals surface area contributed by atoms with E-state index < -0.39 is 5.91 Å². The number of nitrogens with zero attached hydrogens (tertiary/aromatic N) is 4. The lowest BCUT2D eigenvalue weighted by atomic mass is 9.91. The highest BCUT2D eigenvalue weighted by atomic mass is 16.2. The van der Waals surface area contributed by atoms with Gasteiger partial charge in [0, 0.05) is 60.5 Å². The zero-order valence-electron chi connectivity index (χ0n) is 15.9. The molecule has 7 heteroatoms. The number of likely N-dealkylation sites (tertiary alicyclic amines) is 1. The fraction of sp³-hybridized carbons (Fsp3) is 0.227. The van der Waals surface area contributed by atoms with Gasteiger partial charge >= 0.3 is 0 Å². The number of pyridine rings is 1. The van der Waals surface area contributed by atoms with E-state index in [-0.39, 0.29) is 11.8 Å². The van der Waals surface area contributed by atoms with Crippen LogP contribution in [0.5, 0.6) is 0 Å². The molecule has 1 saturated heterocycles. The molecule has 4 rings (SSSR count). The minimum Gasteiger partial charge on any atom is -0.366 e. The molecule has 0 bridgehead atoms. The number of amides is 2. The standard InChI is InChI=1S/C22H21N5O2/c23-21(28)17-4-1-3-16(13-17)19-20(26-11-10-25-19)18-5-2-12-27(14-18)22(29)15-6-8-24-9-7-15/h1,3-4,6-11,13,18H,2,5,12,14H2,(H2,23,28). The minimum atomic E-state index is -0.482. The van der Waals surface area contributed by atoms with Gasteiger partial charge in [0.05, 0.1) is 11.4 Å². The molecule has 1 aromatic carbocycles. The molecule has 0 spiro atoms. The van der Waals surface area contributed by atoms with Gasteiger partial charge in [-0.05, 0) is 37.1 Å². The first kappa shape index (κ1) is 18.7. The molecule has 3 heterocycles. The van der Waals surface area contributed by atoms with Crippen molar-refractivity contribution in [3.8, 4) is 11.3 Å². The van der Waals surface area contributed by atoms with E-state index >= 15 is 0 Å². The molecule has 2 aromatic heterocycles. The first-order valence-electron chi connectivity index (χ1n) is 9.54. The molecule has 0 radical (unpaired) electrons. The fourth-order valence-electron chi connectivity index (χ4n) is 3.75. The lowest BCUT2D eigenvalue weighted by Gasteiger charge is -2.33. The van der Waals surface area contributed by atoms with Crippen LogP contribution in [-0.4, -0.2) is 44.8 Å². The summed E-state index contributed by atoms with van der Waals surface area (Å²) in [6, 6.07) is 10.6. The van der Waals surface area contributed by atoms with Crippen molar-refractivity contribution in [1.82, 2.24) is 19.9 Å². The van der Waals surface area contributed by atoms with Gasteiger partial charge in [-0.1, -0.05) is 12.1 Å². The Morgan fingerprint density at radius 1 is 1.00 bits per heavy atom. The highest BCUT2D eigenvalue weighted by molar-refractivity contribution is 5.94. The number of piperidine rings is 1. The van der Waals surface area contributed by atoms with Crippen LogP contribution < -0.4 is 5.73 Å². The van der Waals surface area contributed by atoms with Gasteiger partial charge in [-0.25, -0.2) is 0 Å². The zero-order valence-corrected chi connectivity index (χ0v) is 15.9. The van der Waals surface area contributed by atoms with Crippen molar-refractivity contribution >= 4 is 11.8 Å². The van der Waals surface area contributed by atoms with E-state index in [1.54, 1.807) is 55.1 Å². The maximum atomic E-state index is 12.9. The second-order valence-corrected chi connectivity index (χ2v) is 7.06. The van der Waals surface area contributed by atoms with Crippen molar-refractivity contribution in [1.29, 1.82) is 0 Å². The summed E-state index contributed by atoms with van der Waals surface area (Å²) in [6.07, 6.45) is 8.36. The number of carbonyl (C=O) groups excluding carboxylic acids is 2. The number of carbonyl (C=O) groups is 2. The highest BCUT2D eigenvalue weighted by Crippen LogP contribution is 2.32. The largest absolute Gasteiger partial charge is 0.366 e. The number of hydrogen-bond acceptors (Lipinski definition) is 5. The molecule has 29 heavy (non-hydrogen) atoms. The van der Waals surface area contributed by atoms with E-state index in [2.05, 4.69) is 15.0 Å². The predicted octanol–water partition coefficient (Wildman–Crippen LogP) is 2.66. The van der Waals surface area contributed by atoms with E-state index in [1.807, 2.05) is 11.0 Å². The van der Waals surface area contributed by atoms with Crippen LogP contribution in [0.1, 0.15) is 45.2 Å². The number of rotatable bonds is 4. The molecule has 7 nitrogen and oxygen atoms in total. The van der Waals surface area contributed by atoms with Crippen molar-refractivity contribution in [3.63, 3.8) is 0 Å². The molecule has 1 aliphatic heterocycles. The summed E-state index contributed by atoms with van der Waals surface area (Å²) in [4.78, 5) is 39.4. The average molecular weight is 387 g/mol. The Labute approximate surface area is 168 Å². The Kier molecular flexibility index (Phi) is 5.29. The minimum absolute atomic E-state index is 0.00161. The average Bonchev–Trinajstić information content (AvgIpc) is 2.79. The number of nitrogens with two attached hydrogens (primary N) is 1. The van der Waals surface area contributed by atoms with Crippen molar-refractivity contribution in [2.75, 3.05) is 13.1 Å². The maximum Gasteiger partial charge on any atom is 0.253 e. The van der Waals surface area contributed by atoms with Crippen LogP contribution in [0.25, 0.3) is 11.3 Å². The second-order valence-electron chi connectivity index (χ2n) is 7.06. The van der Waals surface area contributed by atoms with Gasteiger partial charge in [-0.3, -0.25) is 24.5 Å². The first-order valence-corrected chi connectivity index (χ1v) is 9.54. The topological polar surface area (TPSA) is 102 Å². The number of aromatic nitrogens is 3. The van der Waals surface area contributed by atoms with Crippen LogP contribution in [0.15, 0.2) is 61.2 Å². The lowest BCUT2D eigenvalue weighted by molar-refractivity contribution is 0.0705. The molecule has 0 aliphatic carbocycles. The molecule has 1 aliphatic rings. The van der Waals surface area contributed by atoms with Crippen LogP contribution in [0, 0.1) is 0 Å². The Morgan fingerprint density at radius 3 is 2.59 bits per heavy atom. The molecular formula is C22H21N5O2. The molecule has 2 amide bonds. The molecule has 1 unspecified atom stereocenters. The summed E-state index contributed by atoms with van der Waals surface area (Å²) in [5, 5.41) is 0. The summed E-state index contributed by atoms with van der Waals surface area (Å²) in [5.41, 5.74) is 8.84. The number of benzene rings is 1. The van der Waals surface area contributed by atoms with Crippen LogP contribution in [0.4, 0.5) is 0 Å². The van der Waals surface area contributed by atoms with Gasteiger partial charge in [0.15, 0.2) is 0 Å². The van der Waals surface area contributed by atoms with Crippen LogP contribution >= 0.6 is 0 Å². The highest BCUT2D eigenvalue weighted by Gasteiger charge is 2.28. The Morgan fingerprint density at radius 2 is 1.79 bits per heavy atom. The summed E-state index contributed by atoms with van der Waals surface area (Å²) in [7, 11) is 0. The molecule has 0 saturated carbocycles. The second kappa shape index (κ2) is 8.18. The van der Waals surface area contributed by atoms with Gasteiger partial charge in [0.25, 0.3) is 5.91 Å². The number of hydrogen-bond donors (Lipinski definition) is 1. The van der Waals surface area contributed by atoms with E-state index in [4.69, 9.17) is 5.73 Å². The smallest absolute Gasteiger partial charge is 0.253 e. The van der Waals surface area contributed by atoms with E-state index in [0.29, 0.717) is 24.2 Å². The van der Waals surface area contributed by atoms with Gasteiger partial charge in [0.1, 0.15) is 0 Å². The zero-order chi connectivity index (χ0) is 20.2. The van der Waals surface area contributed by atoms with Crippen LogP contribution in [0.2, 0.25) is 0 Å². The van der Waals surface area contributed by atoms with Gasteiger partial charge in [0.2, 0.25) is 5.91 Å². The molecule has 1 fully saturated rings. The third-order valence-electron chi connectivity index (χ3n) is 5.17. The van der Waals surface area contributed by atoms with E-state index in [1.165, 1.54) is 0 Å². The molecule has 3 aromatic rings. The molecule has 1 atom stereocenters. The van der Waals surface area contributed by atoms with Gasteiger partial charge in [-0.15, -0.1) is 0 Å². The van der Waals surface area contributed by atoms with Crippen molar-refractivity contribution in [2.45, 2.75) is 18.8 Å².